The van der Waals surface area contributed by atoms with Gasteiger partial charge in [-0.2, -0.15) is 4.98 Å². The highest BCUT2D eigenvalue weighted by Gasteiger charge is 2.30. The summed E-state index contributed by atoms with van der Waals surface area (Å²) in [5.74, 6) is 1.19. The molecule has 2 atom stereocenters. The molecule has 0 spiro atoms. The summed E-state index contributed by atoms with van der Waals surface area (Å²) < 4.78 is 13.4. The normalized spacial score (nSPS) is 22.3. The first-order valence-corrected chi connectivity index (χ1v) is 8.19. The number of hydrogen-bond acceptors (Lipinski definition) is 6. The van der Waals surface area contributed by atoms with E-state index in [-0.39, 0.29) is 12.2 Å². The van der Waals surface area contributed by atoms with Crippen molar-refractivity contribution in [2.24, 2.45) is 0 Å². The number of morpholine rings is 1. The molecule has 3 aromatic heterocycles. The van der Waals surface area contributed by atoms with Crippen molar-refractivity contribution in [2.75, 3.05) is 13.1 Å². The van der Waals surface area contributed by atoms with Gasteiger partial charge in [-0.1, -0.05) is 11.2 Å². The smallest absolute Gasteiger partial charge is 0.257 e. The van der Waals surface area contributed by atoms with Crippen LogP contribution in [0.15, 0.2) is 29.0 Å². The second-order valence-corrected chi connectivity index (χ2v) is 6.49. The number of aryl methyl sites for hydroxylation is 2. The number of hydrogen-bond donors (Lipinski definition) is 0. The molecule has 126 valence electrons. The highest BCUT2D eigenvalue weighted by molar-refractivity contribution is 5.41. The molecule has 1 saturated heterocycles. The average Bonchev–Trinajstić information content (AvgIpc) is 3.14. The van der Waals surface area contributed by atoms with Gasteiger partial charge in [0.05, 0.1) is 18.0 Å². The van der Waals surface area contributed by atoms with Gasteiger partial charge in [0.1, 0.15) is 11.8 Å². The third-order valence-corrected chi connectivity index (χ3v) is 4.27. The Labute approximate surface area is 140 Å². The Hall–Kier alpha value is -2.25. The number of imidazole rings is 1. The minimum atomic E-state index is -0.184. The molecule has 7 heteroatoms. The van der Waals surface area contributed by atoms with E-state index >= 15 is 0 Å². The van der Waals surface area contributed by atoms with Crippen LogP contribution in [0, 0.1) is 13.8 Å². The Morgan fingerprint density at radius 2 is 2.12 bits per heavy atom. The van der Waals surface area contributed by atoms with Gasteiger partial charge >= 0.3 is 0 Å². The molecular weight excluding hydrogens is 306 g/mol. The molecule has 0 radical (unpaired) electrons. The fourth-order valence-corrected chi connectivity index (χ4v) is 3.23. The fourth-order valence-electron chi connectivity index (χ4n) is 3.23. The molecule has 0 aliphatic carbocycles. The van der Waals surface area contributed by atoms with Crippen molar-refractivity contribution in [3.05, 3.63) is 47.5 Å². The zero-order valence-electron chi connectivity index (χ0n) is 14.1. The zero-order valence-corrected chi connectivity index (χ0v) is 14.1. The van der Waals surface area contributed by atoms with E-state index in [9.17, 15) is 0 Å². The van der Waals surface area contributed by atoms with Crippen molar-refractivity contribution in [1.29, 1.82) is 0 Å². The largest absolute Gasteiger partial charge is 0.363 e. The molecule has 1 aliphatic heterocycles. The maximum atomic E-state index is 5.98. The molecule has 7 nitrogen and oxygen atoms in total. The van der Waals surface area contributed by atoms with Crippen LogP contribution in [0.5, 0.6) is 0 Å². The van der Waals surface area contributed by atoms with Gasteiger partial charge in [-0.15, -0.1) is 0 Å². The highest BCUT2D eigenvalue weighted by atomic mass is 16.5. The van der Waals surface area contributed by atoms with E-state index in [2.05, 4.69) is 50.5 Å². The number of rotatable bonds is 3. The SMILES string of the molecule is Cc1ccc2ncc(CN3C[C@@H](C)O[C@@H](c4nc(C)no4)C3)n2c1. The number of pyridine rings is 1. The van der Waals surface area contributed by atoms with Crippen LogP contribution in [0.2, 0.25) is 0 Å². The fraction of sp³-hybridized carbons (Fsp3) is 0.471. The molecule has 24 heavy (non-hydrogen) atoms. The van der Waals surface area contributed by atoms with Crippen LogP contribution in [0.4, 0.5) is 0 Å². The lowest BCUT2D eigenvalue weighted by molar-refractivity contribution is -0.0933. The summed E-state index contributed by atoms with van der Waals surface area (Å²) in [5, 5.41) is 3.87. The second kappa shape index (κ2) is 5.99. The van der Waals surface area contributed by atoms with E-state index in [0.717, 1.165) is 25.3 Å². The quantitative estimate of drug-likeness (QED) is 0.735. The molecular formula is C17H21N5O2. The molecule has 3 aromatic rings. The number of nitrogens with zero attached hydrogens (tertiary/aromatic N) is 5. The Bertz CT molecular complexity index is 856. The third-order valence-electron chi connectivity index (χ3n) is 4.27. The molecule has 0 unspecified atom stereocenters. The van der Waals surface area contributed by atoms with E-state index in [1.165, 1.54) is 11.3 Å². The van der Waals surface area contributed by atoms with Crippen LogP contribution in [0.3, 0.4) is 0 Å². The van der Waals surface area contributed by atoms with Crippen molar-refractivity contribution in [2.45, 2.75) is 39.5 Å². The average molecular weight is 327 g/mol. The minimum absolute atomic E-state index is 0.108. The monoisotopic (exact) mass is 327 g/mol. The number of ether oxygens (including phenoxy) is 1. The summed E-state index contributed by atoms with van der Waals surface area (Å²) >= 11 is 0. The summed E-state index contributed by atoms with van der Waals surface area (Å²) in [6.07, 6.45) is 3.99. The molecule has 0 saturated carbocycles. The Morgan fingerprint density at radius 3 is 2.92 bits per heavy atom. The van der Waals surface area contributed by atoms with Crippen molar-refractivity contribution in [3.63, 3.8) is 0 Å². The van der Waals surface area contributed by atoms with E-state index < -0.39 is 0 Å². The van der Waals surface area contributed by atoms with Gasteiger partial charge in [-0.05, 0) is 32.4 Å². The van der Waals surface area contributed by atoms with Crippen LogP contribution in [0.1, 0.15) is 36.0 Å². The number of aromatic nitrogens is 4. The summed E-state index contributed by atoms with van der Waals surface area (Å²) in [6.45, 7) is 8.38. The van der Waals surface area contributed by atoms with E-state index in [1.54, 1.807) is 0 Å². The maximum Gasteiger partial charge on any atom is 0.257 e. The molecule has 1 aliphatic rings. The van der Waals surface area contributed by atoms with Crippen molar-refractivity contribution >= 4 is 5.65 Å². The first-order chi connectivity index (χ1) is 11.6. The Balaban J connectivity index is 1.55. The molecule has 0 bridgehead atoms. The second-order valence-electron chi connectivity index (χ2n) is 6.49. The lowest BCUT2D eigenvalue weighted by Crippen LogP contribution is -2.42. The lowest BCUT2D eigenvalue weighted by Gasteiger charge is -2.35. The van der Waals surface area contributed by atoms with Crippen molar-refractivity contribution in [3.8, 4) is 0 Å². The zero-order chi connectivity index (χ0) is 16.7. The van der Waals surface area contributed by atoms with Gasteiger partial charge in [0.25, 0.3) is 5.89 Å². The Morgan fingerprint density at radius 1 is 1.25 bits per heavy atom. The van der Waals surface area contributed by atoms with Crippen molar-refractivity contribution < 1.29 is 9.26 Å². The standard InChI is InChI=1S/C17H21N5O2/c1-11-4-5-16-18-6-14(22(16)7-11)9-21-8-12(2)23-15(10-21)17-19-13(3)20-24-17/h4-7,12,15H,8-10H2,1-3H3/t12-,15-/m1/s1. The summed E-state index contributed by atoms with van der Waals surface area (Å²) in [5.41, 5.74) is 3.36. The predicted molar refractivity (Wildman–Crippen MR) is 87.5 cm³/mol. The van der Waals surface area contributed by atoms with Crippen LogP contribution in [-0.2, 0) is 11.3 Å². The highest BCUT2D eigenvalue weighted by Crippen LogP contribution is 2.25. The van der Waals surface area contributed by atoms with Gasteiger partial charge in [-0.3, -0.25) is 4.90 Å². The first-order valence-electron chi connectivity index (χ1n) is 8.19. The molecule has 1 fully saturated rings. The molecule has 0 aromatic carbocycles. The minimum Gasteiger partial charge on any atom is -0.363 e. The number of fused-ring (bicyclic) bond motifs is 1. The summed E-state index contributed by atoms with van der Waals surface area (Å²) in [4.78, 5) is 11.2. The molecule has 4 heterocycles. The first kappa shape index (κ1) is 15.3. The van der Waals surface area contributed by atoms with E-state index in [0.29, 0.717) is 11.7 Å². The summed E-state index contributed by atoms with van der Waals surface area (Å²) in [7, 11) is 0. The van der Waals surface area contributed by atoms with Crippen LogP contribution in [-0.4, -0.2) is 43.6 Å². The van der Waals surface area contributed by atoms with E-state index in [1.807, 2.05) is 19.2 Å². The topological polar surface area (TPSA) is 68.7 Å². The Kier molecular flexibility index (Phi) is 3.82. The third kappa shape index (κ3) is 2.92. The summed E-state index contributed by atoms with van der Waals surface area (Å²) in [6, 6.07) is 4.13. The van der Waals surface area contributed by atoms with Gasteiger partial charge in [0.15, 0.2) is 5.82 Å². The molecule has 0 amide bonds. The molecule has 0 N–H and O–H groups in total. The molecule has 4 rings (SSSR count). The van der Waals surface area contributed by atoms with Gasteiger partial charge in [0.2, 0.25) is 0 Å². The van der Waals surface area contributed by atoms with Crippen LogP contribution >= 0.6 is 0 Å². The predicted octanol–water partition coefficient (Wildman–Crippen LogP) is 2.30. The lowest BCUT2D eigenvalue weighted by atomic mass is 10.2. The van der Waals surface area contributed by atoms with E-state index in [4.69, 9.17) is 9.26 Å². The van der Waals surface area contributed by atoms with Crippen LogP contribution < -0.4 is 0 Å². The van der Waals surface area contributed by atoms with Gasteiger partial charge < -0.3 is 13.7 Å². The van der Waals surface area contributed by atoms with Crippen molar-refractivity contribution in [1.82, 2.24) is 24.4 Å². The van der Waals surface area contributed by atoms with Crippen LogP contribution in [0.25, 0.3) is 5.65 Å². The van der Waals surface area contributed by atoms with Gasteiger partial charge in [-0.25, -0.2) is 4.98 Å². The van der Waals surface area contributed by atoms with Gasteiger partial charge in [0, 0.05) is 25.8 Å². The maximum absolute atomic E-state index is 5.98.